The van der Waals surface area contributed by atoms with Gasteiger partial charge < -0.3 is 4.74 Å². The van der Waals surface area contributed by atoms with E-state index >= 15 is 0 Å². The highest BCUT2D eigenvalue weighted by Crippen LogP contribution is 2.36. The van der Waals surface area contributed by atoms with Crippen molar-refractivity contribution in [2.45, 2.75) is 40.0 Å². The third-order valence-corrected chi connectivity index (χ3v) is 5.30. The first-order chi connectivity index (χ1) is 14.1. The molecule has 0 saturated carbocycles. The van der Waals surface area contributed by atoms with Crippen molar-refractivity contribution in [3.63, 3.8) is 0 Å². The van der Waals surface area contributed by atoms with E-state index in [4.69, 9.17) is 16.3 Å². The van der Waals surface area contributed by atoms with Gasteiger partial charge in [-0.3, -0.25) is 9.69 Å². The fourth-order valence-corrected chi connectivity index (χ4v) is 3.55. The van der Waals surface area contributed by atoms with Gasteiger partial charge in [-0.2, -0.15) is 0 Å². The molecule has 2 aromatic carbocycles. The number of anilines is 1. The zero-order valence-electron chi connectivity index (χ0n) is 18.0. The third kappa shape index (κ3) is 4.34. The van der Waals surface area contributed by atoms with Gasteiger partial charge in [0.2, 0.25) is 0 Å². The number of rotatable bonds is 4. The Morgan fingerprint density at radius 2 is 1.67 bits per heavy atom. The molecule has 0 bridgehead atoms. The van der Waals surface area contributed by atoms with Crippen molar-refractivity contribution in [3.05, 3.63) is 81.5 Å². The largest absolute Gasteiger partial charge is 0.462 e. The van der Waals surface area contributed by atoms with Gasteiger partial charge in [0.25, 0.3) is 5.91 Å². The standard InChI is InChI=1S/C25H26ClNO3/c1-6-30-24(29)22-16(2)27(20-13-11-19(26)12-14-20)23(28)21(22)15-17-7-9-18(10-8-17)25(3,4)5/h7-15H,6H2,1-5H3/b21-15-. The van der Waals surface area contributed by atoms with Gasteiger partial charge in [-0.05, 0) is 60.7 Å². The highest BCUT2D eigenvalue weighted by Gasteiger charge is 2.38. The second kappa shape index (κ2) is 8.49. The number of allylic oxidation sites excluding steroid dienone is 1. The lowest BCUT2D eigenvalue weighted by Gasteiger charge is -2.19. The minimum atomic E-state index is -0.502. The van der Waals surface area contributed by atoms with Gasteiger partial charge in [-0.15, -0.1) is 0 Å². The molecule has 0 fully saturated rings. The second-order valence-corrected chi connectivity index (χ2v) is 8.66. The minimum Gasteiger partial charge on any atom is -0.462 e. The van der Waals surface area contributed by atoms with Crippen LogP contribution in [0.2, 0.25) is 5.02 Å². The molecule has 1 aliphatic heterocycles. The summed E-state index contributed by atoms with van der Waals surface area (Å²) < 4.78 is 5.24. The Labute approximate surface area is 182 Å². The molecule has 0 N–H and O–H groups in total. The molecule has 0 atom stereocenters. The van der Waals surface area contributed by atoms with Crippen LogP contribution in [0.15, 0.2) is 65.4 Å². The maximum Gasteiger partial charge on any atom is 0.340 e. The molecule has 30 heavy (non-hydrogen) atoms. The van der Waals surface area contributed by atoms with Crippen LogP contribution in [-0.2, 0) is 19.7 Å². The van der Waals surface area contributed by atoms with E-state index in [-0.39, 0.29) is 23.5 Å². The molecule has 0 saturated heterocycles. The van der Waals surface area contributed by atoms with E-state index in [1.807, 2.05) is 24.3 Å². The first-order valence-corrected chi connectivity index (χ1v) is 10.3. The van der Waals surface area contributed by atoms with E-state index in [0.717, 1.165) is 5.56 Å². The average molecular weight is 424 g/mol. The normalized spacial score (nSPS) is 15.9. The molecule has 156 valence electrons. The van der Waals surface area contributed by atoms with Gasteiger partial charge in [0, 0.05) is 16.4 Å². The van der Waals surface area contributed by atoms with Crippen LogP contribution in [-0.4, -0.2) is 18.5 Å². The number of ether oxygens (including phenoxy) is 1. The zero-order chi connectivity index (χ0) is 22.1. The van der Waals surface area contributed by atoms with Crippen molar-refractivity contribution in [3.8, 4) is 0 Å². The first kappa shape index (κ1) is 21.8. The number of hydrogen-bond acceptors (Lipinski definition) is 3. The predicted molar refractivity (Wildman–Crippen MR) is 121 cm³/mol. The summed E-state index contributed by atoms with van der Waals surface area (Å²) in [5.41, 5.74) is 3.88. The Balaban J connectivity index is 2.07. The van der Waals surface area contributed by atoms with Crippen LogP contribution in [0.3, 0.4) is 0 Å². The van der Waals surface area contributed by atoms with E-state index in [2.05, 4.69) is 20.8 Å². The molecule has 2 aromatic rings. The molecular formula is C25H26ClNO3. The summed E-state index contributed by atoms with van der Waals surface area (Å²) in [6, 6.07) is 15.0. The van der Waals surface area contributed by atoms with Crippen LogP contribution in [0.4, 0.5) is 5.69 Å². The predicted octanol–water partition coefficient (Wildman–Crippen LogP) is 5.90. The van der Waals surface area contributed by atoms with E-state index in [9.17, 15) is 9.59 Å². The van der Waals surface area contributed by atoms with Crippen LogP contribution in [0.1, 0.15) is 45.7 Å². The quantitative estimate of drug-likeness (QED) is 0.454. The summed E-state index contributed by atoms with van der Waals surface area (Å²) in [6.07, 6.45) is 1.75. The molecule has 0 aliphatic carbocycles. The van der Waals surface area contributed by atoms with Gasteiger partial charge in [0.05, 0.1) is 17.8 Å². The number of hydrogen-bond donors (Lipinski definition) is 0. The molecule has 0 spiro atoms. The van der Waals surface area contributed by atoms with Gasteiger partial charge >= 0.3 is 5.97 Å². The smallest absolute Gasteiger partial charge is 0.340 e. The Bertz CT molecular complexity index is 1030. The van der Waals surface area contributed by atoms with Gasteiger partial charge in [-0.1, -0.05) is 56.6 Å². The summed E-state index contributed by atoms with van der Waals surface area (Å²) in [5, 5.41) is 0.576. The molecule has 4 nitrogen and oxygen atoms in total. The average Bonchev–Trinajstić information content (AvgIpc) is 2.92. The van der Waals surface area contributed by atoms with Crippen molar-refractivity contribution < 1.29 is 14.3 Å². The first-order valence-electron chi connectivity index (χ1n) is 9.94. The van der Waals surface area contributed by atoms with Crippen LogP contribution in [0, 0.1) is 0 Å². The Morgan fingerprint density at radius 1 is 1.07 bits per heavy atom. The summed E-state index contributed by atoms with van der Waals surface area (Å²) in [4.78, 5) is 27.5. The topological polar surface area (TPSA) is 46.6 Å². The molecule has 1 amide bonds. The number of nitrogens with zero attached hydrogens (tertiary/aromatic N) is 1. The summed E-state index contributed by atoms with van der Waals surface area (Å²) in [5.74, 6) is -0.768. The fourth-order valence-electron chi connectivity index (χ4n) is 3.43. The lowest BCUT2D eigenvalue weighted by atomic mass is 9.86. The summed E-state index contributed by atoms with van der Waals surface area (Å²) in [7, 11) is 0. The number of carbonyl (C=O) groups excluding carboxylic acids is 2. The second-order valence-electron chi connectivity index (χ2n) is 8.23. The molecule has 0 unspecified atom stereocenters. The minimum absolute atomic E-state index is 0.0345. The van der Waals surface area contributed by atoms with Crippen molar-refractivity contribution in [2.75, 3.05) is 11.5 Å². The van der Waals surface area contributed by atoms with Gasteiger partial charge in [0.15, 0.2) is 0 Å². The Morgan fingerprint density at radius 3 is 2.20 bits per heavy atom. The van der Waals surface area contributed by atoms with E-state index in [0.29, 0.717) is 22.0 Å². The molecule has 1 heterocycles. The molecule has 0 aromatic heterocycles. The third-order valence-electron chi connectivity index (χ3n) is 5.05. The monoisotopic (exact) mass is 423 g/mol. The van der Waals surface area contributed by atoms with Crippen LogP contribution in [0.25, 0.3) is 6.08 Å². The van der Waals surface area contributed by atoms with E-state index < -0.39 is 5.97 Å². The maximum atomic E-state index is 13.3. The summed E-state index contributed by atoms with van der Waals surface area (Å²) >= 11 is 5.99. The van der Waals surface area contributed by atoms with Crippen molar-refractivity contribution in [2.24, 2.45) is 0 Å². The van der Waals surface area contributed by atoms with Crippen LogP contribution < -0.4 is 4.90 Å². The van der Waals surface area contributed by atoms with Crippen molar-refractivity contribution in [1.29, 1.82) is 0 Å². The highest BCUT2D eigenvalue weighted by molar-refractivity contribution is 6.30. The maximum absolute atomic E-state index is 13.3. The van der Waals surface area contributed by atoms with Gasteiger partial charge in [-0.25, -0.2) is 4.79 Å². The summed E-state index contributed by atoms with van der Waals surface area (Å²) in [6.45, 7) is 10.2. The van der Waals surface area contributed by atoms with Crippen molar-refractivity contribution >= 4 is 35.2 Å². The van der Waals surface area contributed by atoms with E-state index in [1.54, 1.807) is 44.2 Å². The number of carbonyl (C=O) groups is 2. The fraction of sp³-hybridized carbons (Fsp3) is 0.280. The Kier molecular flexibility index (Phi) is 6.18. The van der Waals surface area contributed by atoms with Crippen molar-refractivity contribution in [1.82, 2.24) is 0 Å². The number of amides is 1. The lowest BCUT2D eigenvalue weighted by molar-refractivity contribution is -0.138. The van der Waals surface area contributed by atoms with Crippen LogP contribution >= 0.6 is 11.6 Å². The molecule has 0 radical (unpaired) electrons. The SMILES string of the molecule is CCOC(=O)C1=C(C)N(c2ccc(Cl)cc2)C(=O)/C1=C\c1ccc(C(C)(C)C)cc1. The number of esters is 1. The molecular weight excluding hydrogens is 398 g/mol. The lowest BCUT2D eigenvalue weighted by Crippen LogP contribution is -2.24. The highest BCUT2D eigenvalue weighted by atomic mass is 35.5. The Hall–Kier alpha value is -2.85. The van der Waals surface area contributed by atoms with Gasteiger partial charge in [0.1, 0.15) is 0 Å². The van der Waals surface area contributed by atoms with E-state index in [1.165, 1.54) is 10.5 Å². The van der Waals surface area contributed by atoms with Crippen LogP contribution in [0.5, 0.6) is 0 Å². The molecule has 1 aliphatic rings. The zero-order valence-corrected chi connectivity index (χ0v) is 18.7. The molecule has 5 heteroatoms. The number of halogens is 1. The number of benzene rings is 2. The molecule has 3 rings (SSSR count).